The van der Waals surface area contributed by atoms with Crippen LogP contribution in [0.5, 0.6) is 11.5 Å². The van der Waals surface area contributed by atoms with Crippen molar-refractivity contribution in [1.82, 2.24) is 0 Å². The average Bonchev–Trinajstić information content (AvgIpc) is 3.07. The fourth-order valence-electron chi connectivity index (χ4n) is 5.22. The molecule has 6 aromatic carbocycles. The first-order valence-electron chi connectivity index (χ1n) is 13.9. The van der Waals surface area contributed by atoms with Crippen molar-refractivity contribution in [3.63, 3.8) is 0 Å². The first-order valence-corrected chi connectivity index (χ1v) is 15.1. The predicted molar refractivity (Wildman–Crippen MR) is 180 cm³/mol. The normalized spacial score (nSPS) is 11.6. The topological polar surface area (TPSA) is 18.5 Å². The van der Waals surface area contributed by atoms with Crippen LogP contribution in [0.1, 0.15) is 22.3 Å². The van der Waals surface area contributed by atoms with Gasteiger partial charge in [-0.15, -0.1) is 0 Å². The molecule has 0 fully saturated rings. The molecule has 0 saturated heterocycles. The van der Waals surface area contributed by atoms with Crippen LogP contribution < -0.4 is 9.47 Å². The van der Waals surface area contributed by atoms with Crippen LogP contribution in [0.4, 0.5) is 0 Å². The van der Waals surface area contributed by atoms with Crippen molar-refractivity contribution in [3.05, 3.63) is 192 Å². The molecule has 0 aliphatic rings. The Bertz CT molecular complexity index is 1530. The van der Waals surface area contributed by atoms with Crippen LogP contribution in [0.15, 0.2) is 170 Å². The zero-order valence-corrected chi connectivity index (χ0v) is 25.4. The Morgan fingerprint density at radius 2 is 0.548 bits per heavy atom. The minimum absolute atomic E-state index is 0.755. The monoisotopic (exact) mass is 582 g/mol. The van der Waals surface area contributed by atoms with Gasteiger partial charge in [0.25, 0.3) is 0 Å². The molecule has 206 valence electrons. The fourth-order valence-corrected chi connectivity index (χ4v) is 6.24. The second kappa shape index (κ2) is 12.3. The van der Waals surface area contributed by atoms with E-state index in [1.165, 1.54) is 0 Å². The summed E-state index contributed by atoms with van der Waals surface area (Å²) < 4.78 is 14.0. The summed E-state index contributed by atoms with van der Waals surface area (Å²) in [6, 6.07) is 57.6. The van der Waals surface area contributed by atoms with Crippen molar-refractivity contribution in [1.29, 1.82) is 0 Å². The number of ether oxygens (including phenoxy) is 2. The van der Waals surface area contributed by atoms with E-state index < -0.39 is 10.7 Å². The highest BCUT2D eigenvalue weighted by atomic mass is 31.0. The van der Waals surface area contributed by atoms with Gasteiger partial charge in [-0.2, -0.15) is 0 Å². The lowest BCUT2D eigenvalue weighted by Crippen LogP contribution is -2.28. The standard InChI is InChI=1S/C38H32O2P2/c41-37(29-17-5-1-6-18-29,30-19-7-2-8-20-30)39-35-27-15-13-25-33(35)34-26-14-16-28-36(34)40-38(42,31-21-9-3-10-22-31)32-23-11-4-12-24-32/h1-28H,41-42H2. The molecule has 0 aliphatic heterocycles. The molecule has 0 aliphatic carbocycles. The van der Waals surface area contributed by atoms with Gasteiger partial charge in [-0.25, -0.2) is 0 Å². The predicted octanol–water partition coefficient (Wildman–Crippen LogP) is 9.66. The Morgan fingerprint density at radius 1 is 0.310 bits per heavy atom. The van der Waals surface area contributed by atoms with Crippen LogP contribution in [0, 0.1) is 0 Å². The van der Waals surface area contributed by atoms with Crippen LogP contribution in [0.25, 0.3) is 11.1 Å². The summed E-state index contributed by atoms with van der Waals surface area (Å²) in [5.74, 6) is 1.51. The van der Waals surface area contributed by atoms with E-state index in [-0.39, 0.29) is 0 Å². The van der Waals surface area contributed by atoms with Crippen molar-refractivity contribution < 1.29 is 9.47 Å². The van der Waals surface area contributed by atoms with Gasteiger partial charge in [-0.3, -0.25) is 0 Å². The van der Waals surface area contributed by atoms with Crippen LogP contribution in [0.3, 0.4) is 0 Å². The molecule has 0 amide bonds. The van der Waals surface area contributed by atoms with E-state index in [0.29, 0.717) is 0 Å². The van der Waals surface area contributed by atoms with Gasteiger partial charge in [-0.1, -0.05) is 176 Å². The van der Waals surface area contributed by atoms with E-state index in [1.807, 2.05) is 109 Å². The van der Waals surface area contributed by atoms with Gasteiger partial charge in [0.2, 0.25) is 0 Å². The molecular formula is C38H32O2P2. The molecule has 4 heteroatoms. The summed E-state index contributed by atoms with van der Waals surface area (Å²) in [5, 5.41) is -1.60. The van der Waals surface area contributed by atoms with Crippen molar-refractivity contribution in [2.45, 2.75) is 10.7 Å². The molecule has 2 unspecified atom stereocenters. The van der Waals surface area contributed by atoms with Gasteiger partial charge >= 0.3 is 0 Å². The van der Waals surface area contributed by atoms with Crippen molar-refractivity contribution in [3.8, 4) is 22.6 Å². The Kier molecular flexibility index (Phi) is 8.20. The number of hydrogen-bond donors (Lipinski definition) is 0. The molecule has 0 N–H and O–H groups in total. The van der Waals surface area contributed by atoms with E-state index >= 15 is 0 Å². The molecule has 6 aromatic rings. The van der Waals surface area contributed by atoms with Crippen LogP contribution in [-0.4, -0.2) is 0 Å². The van der Waals surface area contributed by atoms with E-state index in [2.05, 4.69) is 79.1 Å². The van der Waals surface area contributed by atoms with Gasteiger partial charge in [0, 0.05) is 33.4 Å². The summed E-state index contributed by atoms with van der Waals surface area (Å²) in [6.07, 6.45) is 0. The molecule has 6 rings (SSSR count). The zero-order valence-electron chi connectivity index (χ0n) is 23.1. The lowest BCUT2D eigenvalue weighted by molar-refractivity contribution is 0.206. The van der Waals surface area contributed by atoms with Crippen LogP contribution in [0.2, 0.25) is 0 Å². The van der Waals surface area contributed by atoms with E-state index in [9.17, 15) is 0 Å². The first kappa shape index (κ1) is 27.9. The van der Waals surface area contributed by atoms with Gasteiger partial charge in [0.15, 0.2) is 10.7 Å². The average molecular weight is 583 g/mol. The quantitative estimate of drug-likeness (QED) is 0.158. The highest BCUT2D eigenvalue weighted by molar-refractivity contribution is 7.18. The highest BCUT2D eigenvalue weighted by Crippen LogP contribution is 2.47. The third kappa shape index (κ3) is 5.62. The molecule has 0 spiro atoms. The molecule has 42 heavy (non-hydrogen) atoms. The summed E-state index contributed by atoms with van der Waals surface area (Å²) in [6.45, 7) is 0. The van der Waals surface area contributed by atoms with Crippen molar-refractivity contribution in [2.24, 2.45) is 0 Å². The van der Waals surface area contributed by atoms with Crippen LogP contribution in [-0.2, 0) is 10.7 Å². The molecule has 2 atom stereocenters. The molecule has 0 bridgehead atoms. The largest absolute Gasteiger partial charge is 0.473 e. The van der Waals surface area contributed by atoms with Gasteiger partial charge < -0.3 is 9.47 Å². The van der Waals surface area contributed by atoms with Crippen LogP contribution >= 0.6 is 18.5 Å². The Morgan fingerprint density at radius 3 is 0.833 bits per heavy atom. The van der Waals surface area contributed by atoms with E-state index in [0.717, 1.165) is 44.9 Å². The lowest BCUT2D eigenvalue weighted by Gasteiger charge is -2.34. The Hall–Kier alpha value is -4.22. The number of hydrogen-bond acceptors (Lipinski definition) is 2. The van der Waals surface area contributed by atoms with Crippen molar-refractivity contribution in [2.75, 3.05) is 0 Å². The maximum atomic E-state index is 7.02. The zero-order chi connectivity index (χ0) is 28.8. The van der Waals surface area contributed by atoms with Gasteiger partial charge in [0.1, 0.15) is 11.5 Å². The maximum absolute atomic E-state index is 7.02. The van der Waals surface area contributed by atoms with Crippen molar-refractivity contribution >= 4 is 18.5 Å². The molecular weight excluding hydrogens is 550 g/mol. The second-order valence-corrected chi connectivity index (χ2v) is 11.8. The smallest absolute Gasteiger partial charge is 0.171 e. The third-order valence-corrected chi connectivity index (χ3v) is 8.99. The lowest BCUT2D eigenvalue weighted by atomic mass is 9.98. The number of para-hydroxylation sites is 2. The minimum Gasteiger partial charge on any atom is -0.473 e. The molecule has 0 saturated carbocycles. The summed E-state index contributed by atoms with van der Waals surface area (Å²) in [5.41, 5.74) is 6.05. The minimum atomic E-state index is -0.799. The maximum Gasteiger partial charge on any atom is 0.171 e. The second-order valence-electron chi connectivity index (χ2n) is 10.1. The fraction of sp³-hybridized carbons (Fsp3) is 0.0526. The summed E-state index contributed by atoms with van der Waals surface area (Å²) >= 11 is 0. The Labute approximate surface area is 252 Å². The molecule has 0 aromatic heterocycles. The molecule has 2 nitrogen and oxygen atoms in total. The number of rotatable bonds is 9. The first-order chi connectivity index (χ1) is 20.6. The van der Waals surface area contributed by atoms with E-state index in [1.54, 1.807) is 0 Å². The van der Waals surface area contributed by atoms with E-state index in [4.69, 9.17) is 9.47 Å². The third-order valence-electron chi connectivity index (χ3n) is 7.42. The molecule has 0 heterocycles. The number of benzene rings is 6. The van der Waals surface area contributed by atoms with Gasteiger partial charge in [0.05, 0.1) is 0 Å². The van der Waals surface area contributed by atoms with Gasteiger partial charge in [-0.05, 0) is 12.1 Å². The molecule has 0 radical (unpaired) electrons. The summed E-state index contributed by atoms with van der Waals surface area (Å²) in [7, 11) is 5.94. The SMILES string of the molecule is PC(Oc1ccccc1-c1ccccc1OC(P)(c1ccccc1)c1ccccc1)(c1ccccc1)c1ccccc1. The summed E-state index contributed by atoms with van der Waals surface area (Å²) in [4.78, 5) is 0. The highest BCUT2D eigenvalue weighted by Gasteiger charge is 2.34. The Balaban J connectivity index is 1.45.